The molecule has 13 heteroatoms. The minimum atomic E-state index is -4.06. The highest BCUT2D eigenvalue weighted by molar-refractivity contribution is 7.86. The highest BCUT2D eigenvalue weighted by atomic mass is 32.2. The second-order valence-electron chi connectivity index (χ2n) is 10.1. The molecule has 40 heavy (non-hydrogen) atoms. The van der Waals surface area contributed by atoms with E-state index in [1.807, 2.05) is 6.92 Å². The molecular formula is C27H35NO11S. The molecule has 0 aliphatic rings. The van der Waals surface area contributed by atoms with E-state index in [1.165, 1.54) is 24.3 Å². The predicted octanol–water partition coefficient (Wildman–Crippen LogP) is 2.75. The molecule has 0 radical (unpaired) electrons. The third kappa shape index (κ3) is 10.8. The second-order valence-corrected chi connectivity index (χ2v) is 11.7. The van der Waals surface area contributed by atoms with Crippen molar-refractivity contribution < 1.29 is 51.8 Å². The summed E-state index contributed by atoms with van der Waals surface area (Å²) < 4.78 is 40.5. The van der Waals surface area contributed by atoms with Gasteiger partial charge in [-0.25, -0.2) is 9.59 Å². The Morgan fingerprint density at radius 2 is 1.55 bits per heavy atom. The molecule has 0 saturated carbocycles. The van der Waals surface area contributed by atoms with Crippen LogP contribution in [0.4, 0.5) is 4.79 Å². The topological polar surface area (TPSA) is 186 Å². The number of hydrogen-bond donors (Lipinski definition) is 4. The van der Waals surface area contributed by atoms with E-state index in [0.29, 0.717) is 5.56 Å². The molecule has 1 unspecified atom stereocenters. The molecule has 0 heterocycles. The number of aryl methyl sites for hydroxylation is 1. The lowest BCUT2D eigenvalue weighted by Gasteiger charge is -2.23. The minimum absolute atomic E-state index is 0.0291. The lowest BCUT2D eigenvalue weighted by atomic mass is 9.92. The highest BCUT2D eigenvalue weighted by Crippen LogP contribution is 2.21. The Labute approximate surface area is 233 Å². The van der Waals surface area contributed by atoms with E-state index in [1.54, 1.807) is 45.0 Å². The van der Waals surface area contributed by atoms with Gasteiger partial charge in [-0.2, -0.15) is 8.42 Å². The molecule has 12 nitrogen and oxygen atoms in total. The molecular weight excluding hydrogens is 546 g/mol. The van der Waals surface area contributed by atoms with Crippen LogP contribution in [0.2, 0.25) is 0 Å². The van der Waals surface area contributed by atoms with E-state index >= 15 is 0 Å². The number of aliphatic carboxylic acids is 2. The number of carbonyl (C=O) groups excluding carboxylic acids is 1. The minimum Gasteiger partial charge on any atom is -0.486 e. The summed E-state index contributed by atoms with van der Waals surface area (Å²) in [7, 11) is -4.06. The summed E-state index contributed by atoms with van der Waals surface area (Å²) in [6.07, 6.45) is -2.41. The van der Waals surface area contributed by atoms with Crippen molar-refractivity contribution in [3.05, 3.63) is 59.7 Å². The van der Waals surface area contributed by atoms with E-state index in [4.69, 9.17) is 13.7 Å². The van der Waals surface area contributed by atoms with Crippen molar-refractivity contribution in [1.82, 2.24) is 5.32 Å². The van der Waals surface area contributed by atoms with Crippen molar-refractivity contribution >= 4 is 28.1 Å². The summed E-state index contributed by atoms with van der Waals surface area (Å²) in [5.41, 5.74) is 0.562. The number of rotatable bonds is 14. The largest absolute Gasteiger partial charge is 0.486 e. The van der Waals surface area contributed by atoms with Crippen molar-refractivity contribution in [1.29, 1.82) is 0 Å². The molecule has 2 rings (SSSR count). The molecule has 3 atom stereocenters. The average molecular weight is 582 g/mol. The number of ether oxygens (including phenoxy) is 2. The monoisotopic (exact) mass is 581 g/mol. The molecule has 2 aromatic carbocycles. The smallest absolute Gasteiger partial charge is 0.408 e. The fourth-order valence-corrected chi connectivity index (χ4v) is 4.41. The summed E-state index contributed by atoms with van der Waals surface area (Å²) in [4.78, 5) is 35.5. The molecule has 220 valence electrons. The molecule has 4 N–H and O–H groups in total. The third-order valence-corrected chi connectivity index (χ3v) is 6.79. The van der Waals surface area contributed by atoms with Crippen LogP contribution < -0.4 is 10.1 Å². The zero-order chi connectivity index (χ0) is 30.1. The second kappa shape index (κ2) is 14.1. The van der Waals surface area contributed by atoms with Crippen LogP contribution in [0.15, 0.2) is 53.4 Å². The van der Waals surface area contributed by atoms with Crippen molar-refractivity contribution in [3.8, 4) is 5.75 Å². The molecule has 0 saturated heterocycles. The van der Waals surface area contributed by atoms with Crippen LogP contribution in [-0.4, -0.2) is 72.7 Å². The Morgan fingerprint density at radius 1 is 0.950 bits per heavy atom. The Balaban J connectivity index is 2.00. The first-order valence-electron chi connectivity index (χ1n) is 12.4. The fourth-order valence-electron chi connectivity index (χ4n) is 3.47. The summed E-state index contributed by atoms with van der Waals surface area (Å²) in [6.45, 7) is 5.66. The van der Waals surface area contributed by atoms with Crippen LogP contribution in [-0.2, 0) is 35.0 Å². The van der Waals surface area contributed by atoms with Gasteiger partial charge in [0.2, 0.25) is 0 Å². The van der Waals surface area contributed by atoms with Gasteiger partial charge in [-0.3, -0.25) is 8.98 Å². The van der Waals surface area contributed by atoms with Gasteiger partial charge in [-0.1, -0.05) is 29.8 Å². The summed E-state index contributed by atoms with van der Waals surface area (Å²) >= 11 is 0. The quantitative estimate of drug-likeness (QED) is 0.240. The van der Waals surface area contributed by atoms with Crippen molar-refractivity contribution in [3.63, 3.8) is 0 Å². The Morgan fingerprint density at radius 3 is 2.05 bits per heavy atom. The predicted molar refractivity (Wildman–Crippen MR) is 143 cm³/mol. The summed E-state index contributed by atoms with van der Waals surface area (Å²) in [5.74, 6) is -3.53. The van der Waals surface area contributed by atoms with E-state index in [0.717, 1.165) is 5.56 Å². The molecule has 2 aromatic rings. The van der Waals surface area contributed by atoms with Gasteiger partial charge in [-0.15, -0.1) is 0 Å². The van der Waals surface area contributed by atoms with E-state index in [2.05, 4.69) is 5.32 Å². The number of amides is 1. The lowest BCUT2D eigenvalue weighted by Crippen LogP contribution is -2.45. The van der Waals surface area contributed by atoms with Gasteiger partial charge in [0, 0.05) is 0 Å². The molecule has 0 spiro atoms. The van der Waals surface area contributed by atoms with Gasteiger partial charge in [-0.05, 0) is 70.4 Å². The first-order chi connectivity index (χ1) is 18.6. The van der Waals surface area contributed by atoms with Gasteiger partial charge < -0.3 is 30.1 Å². The van der Waals surface area contributed by atoms with Gasteiger partial charge in [0.05, 0.1) is 17.4 Å². The van der Waals surface area contributed by atoms with Crippen molar-refractivity contribution in [2.75, 3.05) is 13.2 Å². The molecule has 0 fully saturated rings. The Bertz CT molecular complexity index is 1250. The number of aliphatic hydroxyl groups is 1. The fraction of sp³-hybridized carbons (Fsp3) is 0.444. The Hall–Kier alpha value is -3.68. The number of carbonyl (C=O) groups is 3. The van der Waals surface area contributed by atoms with Crippen LogP contribution in [0.25, 0.3) is 0 Å². The van der Waals surface area contributed by atoms with E-state index in [-0.39, 0.29) is 23.5 Å². The maximum atomic E-state index is 12.4. The highest BCUT2D eigenvalue weighted by Gasteiger charge is 2.30. The number of carboxylic acids is 2. The van der Waals surface area contributed by atoms with Crippen LogP contribution in [0.5, 0.6) is 5.75 Å². The number of hydrogen-bond acceptors (Lipinski definition) is 9. The third-order valence-electron chi connectivity index (χ3n) is 5.49. The molecule has 1 amide bonds. The lowest BCUT2D eigenvalue weighted by molar-refractivity contribution is -0.144. The maximum Gasteiger partial charge on any atom is 0.408 e. The van der Waals surface area contributed by atoms with Crippen molar-refractivity contribution in [2.45, 2.75) is 63.2 Å². The van der Waals surface area contributed by atoms with E-state index in [9.17, 15) is 38.1 Å². The van der Waals surface area contributed by atoms with Gasteiger partial charge in [0.1, 0.15) is 30.1 Å². The normalized spacial score (nSPS) is 14.0. The number of alkyl carbamates (subject to hydrolysis) is 1. The van der Waals surface area contributed by atoms with Crippen LogP contribution in [0.1, 0.15) is 38.3 Å². The zero-order valence-electron chi connectivity index (χ0n) is 22.7. The zero-order valence-corrected chi connectivity index (χ0v) is 23.5. The van der Waals surface area contributed by atoms with Gasteiger partial charge in [0.15, 0.2) is 0 Å². The summed E-state index contributed by atoms with van der Waals surface area (Å²) in [6, 6.07) is 10.7. The molecule has 0 aliphatic carbocycles. The van der Waals surface area contributed by atoms with Crippen LogP contribution in [0.3, 0.4) is 0 Å². The molecule has 0 aliphatic heterocycles. The van der Waals surface area contributed by atoms with Crippen LogP contribution in [0, 0.1) is 12.8 Å². The number of aliphatic hydroxyl groups excluding tert-OH is 1. The van der Waals surface area contributed by atoms with Crippen molar-refractivity contribution in [2.24, 2.45) is 5.92 Å². The standard InChI is InChI=1S/C27H35NO11S/c1-17-5-11-22(12-6-17)40(35,36)37-16-21(15-29)38-20-9-7-18(8-10-20)13-19(24(30)31)14-23(25(32)33)28-26(34)39-27(2,3)4/h5-12,19,21,23,29H,13-16H2,1-4H3,(H,28,34)(H,30,31)(H,32,33)/t19-,21?,23+/m0/s1. The van der Waals surface area contributed by atoms with Gasteiger partial charge >= 0.3 is 18.0 Å². The number of nitrogens with one attached hydrogen (secondary N) is 1. The SMILES string of the molecule is Cc1ccc(S(=O)(=O)OCC(CO)Oc2ccc(C[C@@H](C[C@@H](NC(=O)OC(C)(C)C)C(=O)O)C(=O)O)cc2)cc1. The number of benzene rings is 2. The molecule has 0 aromatic heterocycles. The number of carboxylic acid groups (broad SMARTS) is 2. The van der Waals surface area contributed by atoms with Crippen LogP contribution >= 0.6 is 0 Å². The molecule has 0 bridgehead atoms. The average Bonchev–Trinajstić information content (AvgIpc) is 2.85. The summed E-state index contributed by atoms with van der Waals surface area (Å²) in [5, 5.41) is 31.0. The first kappa shape index (κ1) is 32.5. The van der Waals surface area contributed by atoms with Gasteiger partial charge in [0.25, 0.3) is 10.1 Å². The van der Waals surface area contributed by atoms with E-state index < -0.39 is 65.0 Å². The Kier molecular flexibility index (Phi) is 11.5. The first-order valence-corrected chi connectivity index (χ1v) is 13.8. The maximum absolute atomic E-state index is 12.4.